The Morgan fingerprint density at radius 3 is 2.77 bits per heavy atom. The van der Waals surface area contributed by atoms with Crippen molar-refractivity contribution in [3.05, 3.63) is 35.6 Å². The van der Waals surface area contributed by atoms with Crippen molar-refractivity contribution in [3.63, 3.8) is 0 Å². The van der Waals surface area contributed by atoms with Crippen LogP contribution in [0.15, 0.2) is 24.3 Å². The molecular formula is C16H18FNO4. The molecule has 1 aliphatic carbocycles. The van der Waals surface area contributed by atoms with E-state index < -0.39 is 23.7 Å². The van der Waals surface area contributed by atoms with Gasteiger partial charge in [0.15, 0.2) is 0 Å². The van der Waals surface area contributed by atoms with E-state index in [0.717, 1.165) is 18.9 Å². The fraction of sp³-hybridized carbons (Fsp3) is 0.500. The van der Waals surface area contributed by atoms with E-state index in [9.17, 15) is 19.1 Å². The lowest BCUT2D eigenvalue weighted by molar-refractivity contribution is -0.141. The molecule has 6 heteroatoms. The Hall–Kier alpha value is -1.95. The summed E-state index contributed by atoms with van der Waals surface area (Å²) in [5, 5.41) is 9.32. The minimum atomic E-state index is -1.05. The number of aliphatic carboxylic acids is 1. The molecule has 0 aromatic heterocycles. The van der Waals surface area contributed by atoms with Gasteiger partial charge in [-0.15, -0.1) is 0 Å². The van der Waals surface area contributed by atoms with Gasteiger partial charge in [-0.3, -0.25) is 4.79 Å². The zero-order chi connectivity index (χ0) is 15.7. The predicted octanol–water partition coefficient (Wildman–Crippen LogP) is 1.92. The molecule has 1 saturated carbocycles. The van der Waals surface area contributed by atoms with Crippen LogP contribution >= 0.6 is 0 Å². The maximum absolute atomic E-state index is 13.3. The van der Waals surface area contributed by atoms with Gasteiger partial charge in [0, 0.05) is 25.1 Å². The number of carboxylic acid groups (broad SMARTS) is 1. The Morgan fingerprint density at radius 1 is 1.36 bits per heavy atom. The van der Waals surface area contributed by atoms with Gasteiger partial charge in [0.1, 0.15) is 11.9 Å². The number of likely N-dealkylation sites (tertiary alicyclic amines) is 1. The molecule has 0 spiro atoms. The fourth-order valence-electron chi connectivity index (χ4n) is 2.72. The van der Waals surface area contributed by atoms with Crippen molar-refractivity contribution in [2.75, 3.05) is 13.2 Å². The first-order valence-electron chi connectivity index (χ1n) is 7.45. The Labute approximate surface area is 127 Å². The second-order valence-electron chi connectivity index (χ2n) is 5.96. The van der Waals surface area contributed by atoms with Crippen LogP contribution in [0.5, 0.6) is 0 Å². The zero-order valence-electron chi connectivity index (χ0n) is 12.1. The third-order valence-electron chi connectivity index (χ3n) is 4.14. The van der Waals surface area contributed by atoms with Crippen LogP contribution in [0.25, 0.3) is 0 Å². The van der Waals surface area contributed by atoms with E-state index in [-0.39, 0.29) is 24.6 Å². The fourth-order valence-corrected chi connectivity index (χ4v) is 2.72. The Morgan fingerprint density at radius 2 is 2.14 bits per heavy atom. The van der Waals surface area contributed by atoms with E-state index in [1.165, 1.54) is 23.1 Å². The van der Waals surface area contributed by atoms with Crippen LogP contribution in [-0.4, -0.2) is 47.2 Å². The number of nitrogens with zero attached hydrogens (tertiary/aromatic N) is 1. The minimum Gasteiger partial charge on any atom is -0.480 e. The molecule has 118 valence electrons. The normalized spacial score (nSPS) is 24.5. The molecule has 2 fully saturated rings. The molecule has 5 nitrogen and oxygen atoms in total. The van der Waals surface area contributed by atoms with E-state index in [0.29, 0.717) is 12.5 Å². The quantitative estimate of drug-likeness (QED) is 0.902. The average molecular weight is 307 g/mol. The number of halogens is 1. The van der Waals surface area contributed by atoms with Crippen LogP contribution in [0.4, 0.5) is 4.39 Å². The van der Waals surface area contributed by atoms with Crippen LogP contribution in [0.3, 0.4) is 0 Å². The first kappa shape index (κ1) is 15.0. The van der Waals surface area contributed by atoms with Crippen LogP contribution < -0.4 is 0 Å². The number of amides is 1. The number of carboxylic acids is 1. The highest BCUT2D eigenvalue weighted by Crippen LogP contribution is 2.31. The predicted molar refractivity (Wildman–Crippen MR) is 75.9 cm³/mol. The van der Waals surface area contributed by atoms with Gasteiger partial charge in [0.25, 0.3) is 5.91 Å². The molecule has 0 bridgehead atoms. The largest absolute Gasteiger partial charge is 0.480 e. The lowest BCUT2D eigenvalue weighted by Crippen LogP contribution is -2.40. The van der Waals surface area contributed by atoms with Crippen molar-refractivity contribution in [2.45, 2.75) is 31.4 Å². The molecule has 1 aromatic rings. The first-order chi connectivity index (χ1) is 10.5. The second-order valence-corrected chi connectivity index (χ2v) is 5.96. The number of benzene rings is 1. The molecule has 1 heterocycles. The number of carbonyl (C=O) groups excluding carboxylic acids is 1. The summed E-state index contributed by atoms with van der Waals surface area (Å²) in [7, 11) is 0. The molecule has 1 aliphatic heterocycles. The third-order valence-corrected chi connectivity index (χ3v) is 4.14. The van der Waals surface area contributed by atoms with Crippen molar-refractivity contribution in [1.82, 2.24) is 4.90 Å². The van der Waals surface area contributed by atoms with Crippen LogP contribution in [0.2, 0.25) is 0 Å². The van der Waals surface area contributed by atoms with Gasteiger partial charge < -0.3 is 14.7 Å². The molecule has 2 unspecified atom stereocenters. The lowest BCUT2D eigenvalue weighted by Gasteiger charge is -2.21. The van der Waals surface area contributed by atoms with Crippen molar-refractivity contribution in [2.24, 2.45) is 5.92 Å². The van der Waals surface area contributed by atoms with Crippen molar-refractivity contribution in [1.29, 1.82) is 0 Å². The summed E-state index contributed by atoms with van der Waals surface area (Å²) in [5.74, 6) is -1.46. The van der Waals surface area contributed by atoms with E-state index in [1.807, 2.05) is 0 Å². The molecule has 2 atom stereocenters. The van der Waals surface area contributed by atoms with Crippen LogP contribution in [0.1, 0.15) is 29.6 Å². The van der Waals surface area contributed by atoms with Gasteiger partial charge in [-0.2, -0.15) is 0 Å². The SMILES string of the molecule is O=C(O)C1CC(OCC2CC2)CN1C(=O)c1cccc(F)c1. The molecule has 1 amide bonds. The Bertz CT molecular complexity index is 587. The van der Waals surface area contributed by atoms with E-state index >= 15 is 0 Å². The molecule has 22 heavy (non-hydrogen) atoms. The summed E-state index contributed by atoms with van der Waals surface area (Å²) in [6, 6.07) is 4.38. The topological polar surface area (TPSA) is 66.8 Å². The number of carbonyl (C=O) groups is 2. The summed E-state index contributed by atoms with van der Waals surface area (Å²) in [6.07, 6.45) is 2.32. The second kappa shape index (κ2) is 6.04. The molecule has 1 saturated heterocycles. The van der Waals surface area contributed by atoms with Crippen molar-refractivity contribution >= 4 is 11.9 Å². The lowest BCUT2D eigenvalue weighted by atomic mass is 10.1. The standard InChI is InChI=1S/C16H18FNO4/c17-12-3-1-2-11(6-12)15(19)18-8-13(7-14(18)16(20)21)22-9-10-4-5-10/h1-3,6,10,13-14H,4-5,7-9H2,(H,20,21). The Kier molecular flexibility index (Phi) is 4.11. The minimum absolute atomic E-state index is 0.161. The molecule has 0 radical (unpaired) electrons. The number of hydrogen-bond acceptors (Lipinski definition) is 3. The number of rotatable bonds is 5. The maximum atomic E-state index is 13.3. The van der Waals surface area contributed by atoms with Gasteiger partial charge in [0.2, 0.25) is 0 Å². The number of ether oxygens (including phenoxy) is 1. The van der Waals surface area contributed by atoms with Gasteiger partial charge in [-0.05, 0) is 37.0 Å². The highest BCUT2D eigenvalue weighted by molar-refractivity contribution is 5.97. The highest BCUT2D eigenvalue weighted by atomic mass is 19.1. The van der Waals surface area contributed by atoms with Crippen molar-refractivity contribution < 1.29 is 23.8 Å². The van der Waals surface area contributed by atoms with E-state index in [4.69, 9.17) is 4.74 Å². The average Bonchev–Trinajstić information content (AvgIpc) is 3.22. The summed E-state index contributed by atoms with van der Waals surface area (Å²) in [4.78, 5) is 25.1. The highest BCUT2D eigenvalue weighted by Gasteiger charge is 2.41. The Balaban J connectivity index is 1.71. The molecule has 1 aromatic carbocycles. The smallest absolute Gasteiger partial charge is 0.326 e. The van der Waals surface area contributed by atoms with Crippen LogP contribution in [0, 0.1) is 11.7 Å². The summed E-state index contributed by atoms with van der Waals surface area (Å²) in [6.45, 7) is 0.859. The monoisotopic (exact) mass is 307 g/mol. The molecular weight excluding hydrogens is 289 g/mol. The van der Waals surface area contributed by atoms with Gasteiger partial charge in [-0.25, -0.2) is 9.18 Å². The first-order valence-corrected chi connectivity index (χ1v) is 7.45. The zero-order valence-corrected chi connectivity index (χ0v) is 12.1. The van der Waals surface area contributed by atoms with Crippen LogP contribution in [-0.2, 0) is 9.53 Å². The van der Waals surface area contributed by atoms with Gasteiger partial charge in [0.05, 0.1) is 6.10 Å². The van der Waals surface area contributed by atoms with Crippen molar-refractivity contribution in [3.8, 4) is 0 Å². The molecule has 2 aliphatic rings. The molecule has 1 N–H and O–H groups in total. The van der Waals surface area contributed by atoms with Gasteiger partial charge in [-0.1, -0.05) is 6.07 Å². The summed E-state index contributed by atoms with van der Waals surface area (Å²) in [5.41, 5.74) is 0.161. The molecule has 3 rings (SSSR count). The van der Waals surface area contributed by atoms with E-state index in [2.05, 4.69) is 0 Å². The maximum Gasteiger partial charge on any atom is 0.326 e. The van der Waals surface area contributed by atoms with Gasteiger partial charge >= 0.3 is 5.97 Å². The number of hydrogen-bond donors (Lipinski definition) is 1. The van der Waals surface area contributed by atoms with E-state index in [1.54, 1.807) is 0 Å². The third kappa shape index (κ3) is 3.27. The summed E-state index contributed by atoms with van der Waals surface area (Å²) >= 11 is 0. The summed E-state index contributed by atoms with van der Waals surface area (Å²) < 4.78 is 19.0.